The molecule has 0 aromatic rings. The Hall–Kier alpha value is -1.64. The number of nitrogens with zero attached hydrogens (tertiary/aromatic N) is 2. The maximum absolute atomic E-state index is 5.91. The Kier molecular flexibility index (Phi) is 9.41. The molecular formula is C16H27N3. The van der Waals surface area contributed by atoms with Crippen LogP contribution in [0.25, 0.3) is 0 Å². The lowest BCUT2D eigenvalue weighted by Gasteiger charge is -2.03. The van der Waals surface area contributed by atoms with Crippen LogP contribution in [-0.2, 0) is 0 Å². The van der Waals surface area contributed by atoms with Crippen LogP contribution in [0.1, 0.15) is 47.5 Å². The average Bonchev–Trinajstić information content (AvgIpc) is 2.43. The minimum Gasteiger partial charge on any atom is -0.398 e. The second-order valence-corrected chi connectivity index (χ2v) is 4.48. The van der Waals surface area contributed by atoms with Gasteiger partial charge in [0.1, 0.15) is 0 Å². The molecule has 0 heterocycles. The molecule has 0 saturated heterocycles. The summed E-state index contributed by atoms with van der Waals surface area (Å²) in [6, 6.07) is 0. The van der Waals surface area contributed by atoms with Crippen LogP contribution in [0.4, 0.5) is 0 Å². The molecule has 0 amide bonds. The summed E-state index contributed by atoms with van der Waals surface area (Å²) >= 11 is 0. The number of allylic oxidation sites excluding steroid dienone is 4. The third-order valence-electron chi connectivity index (χ3n) is 3.06. The van der Waals surface area contributed by atoms with Crippen LogP contribution in [0.5, 0.6) is 0 Å². The zero-order valence-electron chi connectivity index (χ0n) is 12.9. The largest absolute Gasteiger partial charge is 0.398 e. The van der Waals surface area contributed by atoms with Crippen molar-refractivity contribution in [3.8, 4) is 0 Å². The summed E-state index contributed by atoms with van der Waals surface area (Å²) in [6.07, 6.45) is 9.28. The zero-order chi connectivity index (χ0) is 14.7. The van der Waals surface area contributed by atoms with Crippen molar-refractivity contribution in [3.05, 3.63) is 34.7 Å². The van der Waals surface area contributed by atoms with Crippen LogP contribution in [0.15, 0.2) is 44.7 Å². The minimum atomic E-state index is 0.623. The fraction of sp³-hybridized carbons (Fsp3) is 0.500. The van der Waals surface area contributed by atoms with E-state index in [-0.39, 0.29) is 0 Å². The first-order chi connectivity index (χ1) is 9.06. The Labute approximate surface area is 117 Å². The van der Waals surface area contributed by atoms with Gasteiger partial charge in [0.25, 0.3) is 0 Å². The van der Waals surface area contributed by atoms with Gasteiger partial charge in [-0.05, 0) is 44.8 Å². The molecule has 0 aromatic heterocycles. The molecule has 0 aliphatic heterocycles. The van der Waals surface area contributed by atoms with Gasteiger partial charge < -0.3 is 5.73 Å². The van der Waals surface area contributed by atoms with Gasteiger partial charge in [0.2, 0.25) is 0 Å². The van der Waals surface area contributed by atoms with Gasteiger partial charge >= 0.3 is 0 Å². The highest BCUT2D eigenvalue weighted by Crippen LogP contribution is 2.07. The van der Waals surface area contributed by atoms with E-state index in [1.54, 1.807) is 12.4 Å². The standard InChI is InChI=1S/C16H27N3/c1-6-9-18-10-15(13(4)7-2)11-19-12-16(17)14(5)8-3/h6,9-10,12H,7-8,11,17H2,1-5H3/b9-6?,15-13-,16-14+,18-10?,19-12?. The third-order valence-corrected chi connectivity index (χ3v) is 3.06. The Morgan fingerprint density at radius 1 is 1.05 bits per heavy atom. The molecule has 0 aliphatic carbocycles. The molecule has 0 atom stereocenters. The van der Waals surface area contributed by atoms with Crippen molar-refractivity contribution in [2.45, 2.75) is 47.5 Å². The fourth-order valence-electron chi connectivity index (χ4n) is 1.29. The molecule has 0 unspecified atom stereocenters. The summed E-state index contributed by atoms with van der Waals surface area (Å²) in [5, 5.41) is 0. The van der Waals surface area contributed by atoms with Gasteiger partial charge in [-0.1, -0.05) is 25.5 Å². The predicted molar refractivity (Wildman–Crippen MR) is 86.8 cm³/mol. The third kappa shape index (κ3) is 7.39. The van der Waals surface area contributed by atoms with Crippen molar-refractivity contribution in [3.63, 3.8) is 0 Å². The average molecular weight is 261 g/mol. The van der Waals surface area contributed by atoms with Crippen LogP contribution in [-0.4, -0.2) is 19.0 Å². The minimum absolute atomic E-state index is 0.623. The van der Waals surface area contributed by atoms with Crippen LogP contribution >= 0.6 is 0 Å². The van der Waals surface area contributed by atoms with Crippen molar-refractivity contribution in [1.82, 2.24) is 0 Å². The molecule has 0 aromatic carbocycles. The van der Waals surface area contributed by atoms with Gasteiger partial charge in [-0.3, -0.25) is 9.98 Å². The summed E-state index contributed by atoms with van der Waals surface area (Å²) in [5.41, 5.74) is 10.3. The first-order valence-electron chi connectivity index (χ1n) is 6.84. The molecule has 3 heteroatoms. The van der Waals surface area contributed by atoms with Crippen LogP contribution in [0.2, 0.25) is 0 Å². The number of hydrogen-bond acceptors (Lipinski definition) is 3. The Balaban J connectivity index is 4.84. The Morgan fingerprint density at radius 2 is 1.68 bits per heavy atom. The van der Waals surface area contributed by atoms with E-state index in [0.717, 1.165) is 24.1 Å². The second-order valence-electron chi connectivity index (χ2n) is 4.48. The normalized spacial score (nSPS) is 15.4. The lowest BCUT2D eigenvalue weighted by atomic mass is 10.1. The molecular weight excluding hydrogens is 234 g/mol. The fourth-order valence-corrected chi connectivity index (χ4v) is 1.29. The number of rotatable bonds is 7. The molecule has 3 nitrogen and oxygen atoms in total. The smallest absolute Gasteiger partial charge is 0.0655 e. The highest BCUT2D eigenvalue weighted by molar-refractivity contribution is 5.82. The van der Waals surface area contributed by atoms with Crippen molar-refractivity contribution in [1.29, 1.82) is 0 Å². The molecule has 0 rings (SSSR count). The van der Waals surface area contributed by atoms with Gasteiger partial charge in [0, 0.05) is 24.3 Å². The topological polar surface area (TPSA) is 50.7 Å². The number of nitrogens with two attached hydrogens (primary N) is 1. The lowest BCUT2D eigenvalue weighted by Crippen LogP contribution is -2.03. The van der Waals surface area contributed by atoms with Gasteiger partial charge in [-0.2, -0.15) is 0 Å². The molecule has 0 bridgehead atoms. The number of hydrogen-bond donors (Lipinski definition) is 1. The quantitative estimate of drug-likeness (QED) is 0.691. The van der Waals surface area contributed by atoms with Crippen molar-refractivity contribution in [2.24, 2.45) is 15.7 Å². The van der Waals surface area contributed by atoms with E-state index in [1.807, 2.05) is 26.1 Å². The summed E-state index contributed by atoms with van der Waals surface area (Å²) in [5.74, 6) is 0. The molecule has 0 spiro atoms. The summed E-state index contributed by atoms with van der Waals surface area (Å²) in [7, 11) is 0. The van der Waals surface area contributed by atoms with Crippen LogP contribution in [0, 0.1) is 0 Å². The Bertz CT molecular complexity index is 410. The second kappa shape index (κ2) is 10.3. The first kappa shape index (κ1) is 17.4. The zero-order valence-corrected chi connectivity index (χ0v) is 12.9. The molecule has 0 aliphatic rings. The van der Waals surface area contributed by atoms with E-state index < -0.39 is 0 Å². The Morgan fingerprint density at radius 3 is 2.21 bits per heavy atom. The van der Waals surface area contributed by atoms with Gasteiger partial charge in [0.15, 0.2) is 0 Å². The van der Waals surface area contributed by atoms with Crippen LogP contribution in [0.3, 0.4) is 0 Å². The number of aliphatic imine (C=N–C) groups is 2. The molecule has 106 valence electrons. The van der Waals surface area contributed by atoms with E-state index in [2.05, 4.69) is 30.8 Å². The van der Waals surface area contributed by atoms with Crippen molar-refractivity contribution in [2.75, 3.05) is 6.54 Å². The SMILES string of the molecule is CC=CN=C/C(CN=C/C(N)=C(/C)CC)=C(\C)CC. The maximum atomic E-state index is 5.91. The molecule has 0 saturated carbocycles. The molecule has 2 N–H and O–H groups in total. The maximum Gasteiger partial charge on any atom is 0.0655 e. The van der Waals surface area contributed by atoms with E-state index in [9.17, 15) is 0 Å². The molecule has 19 heavy (non-hydrogen) atoms. The monoisotopic (exact) mass is 261 g/mol. The van der Waals surface area contributed by atoms with Gasteiger partial charge in [-0.15, -0.1) is 0 Å². The van der Waals surface area contributed by atoms with Gasteiger partial charge in [-0.25, -0.2) is 0 Å². The first-order valence-corrected chi connectivity index (χ1v) is 6.84. The lowest BCUT2D eigenvalue weighted by molar-refractivity contribution is 1.04. The summed E-state index contributed by atoms with van der Waals surface area (Å²) in [6.45, 7) is 10.9. The predicted octanol–water partition coefficient (Wildman–Crippen LogP) is 4.03. The highest BCUT2D eigenvalue weighted by Gasteiger charge is 1.97. The van der Waals surface area contributed by atoms with Gasteiger partial charge in [0.05, 0.1) is 6.54 Å². The van der Waals surface area contributed by atoms with E-state index in [4.69, 9.17) is 5.73 Å². The summed E-state index contributed by atoms with van der Waals surface area (Å²) < 4.78 is 0. The molecule has 0 radical (unpaired) electrons. The highest BCUT2D eigenvalue weighted by atomic mass is 14.8. The summed E-state index contributed by atoms with van der Waals surface area (Å²) in [4.78, 5) is 8.64. The van der Waals surface area contributed by atoms with Crippen LogP contribution < -0.4 is 5.73 Å². The van der Waals surface area contributed by atoms with Crippen molar-refractivity contribution >= 4 is 12.4 Å². The van der Waals surface area contributed by atoms with E-state index in [0.29, 0.717) is 6.54 Å². The van der Waals surface area contributed by atoms with E-state index >= 15 is 0 Å². The molecule has 0 fully saturated rings. The van der Waals surface area contributed by atoms with Crippen molar-refractivity contribution < 1.29 is 0 Å². The van der Waals surface area contributed by atoms with E-state index in [1.165, 1.54) is 11.1 Å².